The van der Waals surface area contributed by atoms with Crippen LogP contribution in [0, 0.1) is 0 Å². The second-order valence-electron chi connectivity index (χ2n) is 6.88. The fourth-order valence-electron chi connectivity index (χ4n) is 3.10. The Balaban J connectivity index is 1.69. The number of hydrogen-bond acceptors (Lipinski definition) is 7. The van der Waals surface area contributed by atoms with E-state index in [-0.39, 0.29) is 0 Å². The van der Waals surface area contributed by atoms with Gasteiger partial charge < -0.3 is 29.9 Å². The summed E-state index contributed by atoms with van der Waals surface area (Å²) in [4.78, 5) is 23.6. The zero-order valence-corrected chi connectivity index (χ0v) is 15.6. The van der Waals surface area contributed by atoms with Crippen LogP contribution in [0.1, 0.15) is 18.4 Å². The van der Waals surface area contributed by atoms with Crippen LogP contribution in [-0.4, -0.2) is 63.1 Å². The number of aliphatic hydroxyl groups excluding tert-OH is 3. The lowest BCUT2D eigenvalue weighted by Gasteiger charge is -2.38. The Kier molecular flexibility index (Phi) is 6.29. The van der Waals surface area contributed by atoms with E-state index in [4.69, 9.17) is 14.6 Å². The zero-order chi connectivity index (χ0) is 21.1. The van der Waals surface area contributed by atoms with Gasteiger partial charge in [-0.1, -0.05) is 54.6 Å². The summed E-state index contributed by atoms with van der Waals surface area (Å²) < 4.78 is 10.1. The average Bonchev–Trinajstić information content (AvgIpc) is 2.74. The van der Waals surface area contributed by atoms with Gasteiger partial charge in [0, 0.05) is 0 Å². The van der Waals surface area contributed by atoms with Crippen LogP contribution < -0.4 is 0 Å². The first kappa shape index (κ1) is 20.9. The maximum atomic E-state index is 12.5. The first-order valence-corrected chi connectivity index (χ1v) is 9.08. The lowest BCUT2D eigenvalue weighted by atomic mass is 9.97. The lowest BCUT2D eigenvalue weighted by molar-refractivity contribution is -0.286. The number of carbonyl (C=O) groups is 2. The minimum Gasteiger partial charge on any atom is -0.479 e. The van der Waals surface area contributed by atoms with Gasteiger partial charge in [-0.25, -0.2) is 4.79 Å². The van der Waals surface area contributed by atoms with Crippen LogP contribution >= 0.6 is 0 Å². The number of rotatable bonds is 5. The van der Waals surface area contributed by atoms with Crippen LogP contribution in [-0.2, 0) is 19.1 Å². The maximum Gasteiger partial charge on any atom is 0.335 e. The van der Waals surface area contributed by atoms with E-state index in [9.17, 15) is 24.9 Å². The van der Waals surface area contributed by atoms with Crippen LogP contribution in [0.15, 0.2) is 54.6 Å². The molecule has 0 aliphatic carbocycles. The monoisotopic (exact) mass is 402 g/mol. The first-order valence-electron chi connectivity index (χ1n) is 9.08. The number of hydrogen-bond donors (Lipinski definition) is 4. The van der Waals surface area contributed by atoms with Crippen LogP contribution in [0.4, 0.5) is 0 Å². The number of ether oxygens (including phenoxy) is 2. The molecule has 1 fully saturated rings. The van der Waals surface area contributed by atoms with E-state index in [1.54, 1.807) is 19.1 Å². The number of benzene rings is 2. The molecule has 0 aromatic heterocycles. The van der Waals surface area contributed by atoms with Crippen LogP contribution in [0.2, 0.25) is 0 Å². The van der Waals surface area contributed by atoms with Gasteiger partial charge in [-0.2, -0.15) is 0 Å². The fourth-order valence-corrected chi connectivity index (χ4v) is 3.10. The topological polar surface area (TPSA) is 134 Å². The molecule has 6 atom stereocenters. The van der Waals surface area contributed by atoms with Gasteiger partial charge in [0.05, 0.1) is 5.92 Å². The first-order chi connectivity index (χ1) is 13.8. The van der Waals surface area contributed by atoms with Gasteiger partial charge >= 0.3 is 11.9 Å². The number of esters is 1. The quantitative estimate of drug-likeness (QED) is 0.542. The van der Waals surface area contributed by atoms with Gasteiger partial charge in [-0.15, -0.1) is 0 Å². The lowest BCUT2D eigenvalue weighted by Crippen LogP contribution is -2.60. The number of carboxylic acids is 1. The molecule has 1 saturated heterocycles. The summed E-state index contributed by atoms with van der Waals surface area (Å²) in [7, 11) is 0. The largest absolute Gasteiger partial charge is 0.479 e. The maximum absolute atomic E-state index is 12.5. The second-order valence-corrected chi connectivity index (χ2v) is 6.88. The molecule has 3 rings (SSSR count). The highest BCUT2D eigenvalue weighted by molar-refractivity contribution is 5.78. The Morgan fingerprint density at radius 2 is 1.48 bits per heavy atom. The Bertz CT molecular complexity index is 851. The Morgan fingerprint density at radius 3 is 2.07 bits per heavy atom. The summed E-state index contributed by atoms with van der Waals surface area (Å²) in [6, 6.07) is 17.0. The molecule has 4 N–H and O–H groups in total. The highest BCUT2D eigenvalue weighted by Crippen LogP contribution is 2.26. The predicted octanol–water partition coefficient (Wildman–Crippen LogP) is 0.893. The molecule has 2 aromatic rings. The number of carboxylic acid groups (broad SMARTS) is 1. The minimum atomic E-state index is -1.85. The standard InChI is InChI=1S/C21H22O8/c1-11(12-7-9-14(10-8-12)13-5-3-2-4-6-13)20(27)29-21-17(24)15(22)16(23)18(28-21)19(25)26/h2-11,15-18,21-24H,1H3,(H,25,26)/t11-,15+,16+,17-,18+,21+/m1/s1. The molecular weight excluding hydrogens is 380 g/mol. The molecule has 0 spiro atoms. The van der Waals surface area contributed by atoms with Gasteiger partial charge in [-0.05, 0) is 23.6 Å². The molecule has 2 aromatic carbocycles. The van der Waals surface area contributed by atoms with E-state index in [0.29, 0.717) is 5.56 Å². The van der Waals surface area contributed by atoms with E-state index in [2.05, 4.69) is 0 Å². The van der Waals surface area contributed by atoms with Crippen LogP contribution in [0.3, 0.4) is 0 Å². The van der Waals surface area contributed by atoms with Crippen molar-refractivity contribution in [1.82, 2.24) is 0 Å². The molecule has 0 bridgehead atoms. The van der Waals surface area contributed by atoms with Crippen molar-refractivity contribution in [2.75, 3.05) is 0 Å². The highest BCUT2D eigenvalue weighted by atomic mass is 16.7. The summed E-state index contributed by atoms with van der Waals surface area (Å²) in [5.74, 6) is -3.05. The van der Waals surface area contributed by atoms with E-state index in [1.165, 1.54) is 0 Å². The molecule has 0 saturated carbocycles. The van der Waals surface area contributed by atoms with Crippen molar-refractivity contribution in [2.45, 2.75) is 43.5 Å². The zero-order valence-electron chi connectivity index (χ0n) is 15.6. The molecule has 29 heavy (non-hydrogen) atoms. The van der Waals surface area contributed by atoms with E-state index < -0.39 is 48.6 Å². The molecule has 154 valence electrons. The van der Waals surface area contributed by atoms with E-state index in [0.717, 1.165) is 11.1 Å². The van der Waals surface area contributed by atoms with Crippen molar-refractivity contribution >= 4 is 11.9 Å². The van der Waals surface area contributed by atoms with Gasteiger partial charge in [0.15, 0.2) is 6.10 Å². The van der Waals surface area contributed by atoms with E-state index >= 15 is 0 Å². The summed E-state index contributed by atoms with van der Waals surface area (Å²) in [6.07, 6.45) is -9.00. The van der Waals surface area contributed by atoms with Crippen LogP contribution in [0.25, 0.3) is 11.1 Å². The minimum absolute atomic E-state index is 0.648. The van der Waals surface area contributed by atoms with Crippen molar-refractivity contribution in [3.8, 4) is 11.1 Å². The molecule has 1 heterocycles. The molecule has 0 unspecified atom stereocenters. The summed E-state index contributed by atoms with van der Waals surface area (Å²) in [5.41, 5.74) is 2.65. The third kappa shape index (κ3) is 4.46. The number of carbonyl (C=O) groups excluding carboxylic acids is 1. The van der Waals surface area contributed by atoms with Crippen molar-refractivity contribution in [3.63, 3.8) is 0 Å². The van der Waals surface area contributed by atoms with Crippen molar-refractivity contribution in [2.24, 2.45) is 0 Å². The van der Waals surface area contributed by atoms with Gasteiger partial charge in [-0.3, -0.25) is 4.79 Å². The summed E-state index contributed by atoms with van der Waals surface area (Å²) in [6.45, 7) is 1.59. The van der Waals surface area contributed by atoms with E-state index in [1.807, 2.05) is 42.5 Å². The molecule has 0 amide bonds. The molecule has 1 aliphatic heterocycles. The molecule has 1 aliphatic rings. The molecular formula is C21H22O8. The number of aliphatic hydroxyl groups is 3. The molecule has 0 radical (unpaired) electrons. The SMILES string of the molecule is C[C@@H](C(=O)O[C@@H]1O[C@H](C(=O)O)[C@@H](O)[C@H](O)[C@H]1O)c1ccc(-c2ccccc2)cc1. The average molecular weight is 402 g/mol. The highest BCUT2D eigenvalue weighted by Gasteiger charge is 2.48. The predicted molar refractivity (Wildman–Crippen MR) is 101 cm³/mol. The summed E-state index contributed by atoms with van der Waals surface area (Å²) in [5, 5.41) is 38.5. The van der Waals surface area contributed by atoms with Gasteiger partial charge in [0.25, 0.3) is 0 Å². The van der Waals surface area contributed by atoms with Gasteiger partial charge in [0.1, 0.15) is 18.3 Å². The van der Waals surface area contributed by atoms with Crippen molar-refractivity contribution in [3.05, 3.63) is 60.2 Å². The van der Waals surface area contributed by atoms with Crippen LogP contribution in [0.5, 0.6) is 0 Å². The Morgan fingerprint density at radius 1 is 0.897 bits per heavy atom. The molecule has 8 heteroatoms. The summed E-state index contributed by atoms with van der Waals surface area (Å²) >= 11 is 0. The van der Waals surface area contributed by atoms with Crippen molar-refractivity contribution in [1.29, 1.82) is 0 Å². The second kappa shape index (κ2) is 8.71. The third-order valence-corrected chi connectivity index (χ3v) is 4.92. The van der Waals surface area contributed by atoms with Crippen molar-refractivity contribution < 1.29 is 39.5 Å². The fraction of sp³-hybridized carbons (Fsp3) is 0.333. The normalized spacial score (nSPS) is 27.8. The third-order valence-electron chi connectivity index (χ3n) is 4.92. The van der Waals surface area contributed by atoms with Gasteiger partial charge in [0.2, 0.25) is 6.29 Å². The smallest absolute Gasteiger partial charge is 0.335 e. The Labute approximate surface area is 166 Å². The Hall–Kier alpha value is -2.78. The number of aliphatic carboxylic acids is 1. The molecule has 8 nitrogen and oxygen atoms in total.